The number of ether oxygens (including phenoxy) is 1. The predicted octanol–water partition coefficient (Wildman–Crippen LogP) is 1.48. The van der Waals surface area contributed by atoms with Crippen LogP contribution < -0.4 is 10.9 Å². The molecule has 0 bridgehead atoms. The van der Waals surface area contributed by atoms with Crippen molar-refractivity contribution in [3.63, 3.8) is 0 Å². The Bertz CT molecular complexity index is 826. The number of esters is 1. The number of carbonyl (C=O) groups excluding carboxylic acids is 2. The highest BCUT2D eigenvalue weighted by Crippen LogP contribution is 2.07. The van der Waals surface area contributed by atoms with Crippen molar-refractivity contribution >= 4 is 22.8 Å². The van der Waals surface area contributed by atoms with E-state index in [0.717, 1.165) is 0 Å². The Kier molecular flexibility index (Phi) is 6.88. The van der Waals surface area contributed by atoms with E-state index in [2.05, 4.69) is 20.0 Å². The van der Waals surface area contributed by atoms with Gasteiger partial charge in [0, 0.05) is 25.5 Å². The van der Waals surface area contributed by atoms with Crippen LogP contribution in [0.5, 0.6) is 0 Å². The molecule has 0 fully saturated rings. The molecule has 2 rings (SSSR count). The van der Waals surface area contributed by atoms with Crippen molar-refractivity contribution in [2.75, 3.05) is 13.7 Å². The number of hydrogen-bond acceptors (Lipinski definition) is 5. The van der Waals surface area contributed by atoms with Crippen molar-refractivity contribution in [2.45, 2.75) is 25.7 Å². The van der Waals surface area contributed by atoms with Gasteiger partial charge < -0.3 is 15.0 Å². The molecule has 25 heavy (non-hydrogen) atoms. The Morgan fingerprint density at radius 3 is 2.92 bits per heavy atom. The van der Waals surface area contributed by atoms with Crippen LogP contribution in [0.1, 0.15) is 25.1 Å². The number of H-pyrrole nitrogens is 1. The topological polar surface area (TPSA) is 101 Å². The van der Waals surface area contributed by atoms with Gasteiger partial charge in [0.1, 0.15) is 5.82 Å². The van der Waals surface area contributed by atoms with E-state index in [9.17, 15) is 14.4 Å². The van der Waals surface area contributed by atoms with Gasteiger partial charge in [0.05, 0.1) is 18.0 Å². The second-order valence-corrected chi connectivity index (χ2v) is 5.45. The molecule has 0 unspecified atom stereocenters. The van der Waals surface area contributed by atoms with Crippen LogP contribution in [0, 0.1) is 0 Å². The number of aromatic amines is 1. The third kappa shape index (κ3) is 5.87. The van der Waals surface area contributed by atoms with E-state index in [0.29, 0.717) is 49.0 Å². The molecule has 0 saturated heterocycles. The van der Waals surface area contributed by atoms with Gasteiger partial charge >= 0.3 is 5.97 Å². The molecule has 0 aliphatic carbocycles. The Balaban J connectivity index is 1.73. The van der Waals surface area contributed by atoms with Crippen molar-refractivity contribution in [3.8, 4) is 0 Å². The van der Waals surface area contributed by atoms with Gasteiger partial charge in [-0.05, 0) is 25.0 Å². The van der Waals surface area contributed by atoms with Gasteiger partial charge in [-0.2, -0.15) is 0 Å². The lowest BCUT2D eigenvalue weighted by molar-refractivity contribution is -0.134. The molecule has 7 nitrogen and oxygen atoms in total. The highest BCUT2D eigenvalue weighted by molar-refractivity contribution is 5.81. The molecule has 2 aromatic rings. The number of methoxy groups -OCH3 is 1. The summed E-state index contributed by atoms with van der Waals surface area (Å²) in [5.74, 6) is 0.0929. The van der Waals surface area contributed by atoms with Gasteiger partial charge in [0.2, 0.25) is 5.91 Å². The summed E-state index contributed by atoms with van der Waals surface area (Å²) in [6, 6.07) is 7.15. The van der Waals surface area contributed by atoms with E-state index in [-0.39, 0.29) is 11.5 Å². The summed E-state index contributed by atoms with van der Waals surface area (Å²) in [5, 5.41) is 3.33. The summed E-state index contributed by atoms with van der Waals surface area (Å²) < 4.78 is 4.46. The third-order valence-corrected chi connectivity index (χ3v) is 3.57. The molecule has 1 aromatic carbocycles. The monoisotopic (exact) mass is 343 g/mol. The summed E-state index contributed by atoms with van der Waals surface area (Å²) in [5.41, 5.74) is 0.491. The summed E-state index contributed by atoms with van der Waals surface area (Å²) in [7, 11) is 1.31. The van der Waals surface area contributed by atoms with Crippen LogP contribution in [-0.4, -0.2) is 35.5 Å². The molecule has 1 amide bonds. The normalized spacial score (nSPS) is 10.9. The van der Waals surface area contributed by atoms with Crippen molar-refractivity contribution in [1.29, 1.82) is 0 Å². The van der Waals surface area contributed by atoms with Crippen LogP contribution >= 0.6 is 0 Å². The fourth-order valence-electron chi connectivity index (χ4n) is 2.30. The first-order chi connectivity index (χ1) is 12.1. The SMILES string of the molecule is COC(=O)/C=C/CCNC(=O)CCCc1nc2ccccc2c(=O)[nH]1. The Labute approximate surface area is 145 Å². The lowest BCUT2D eigenvalue weighted by Crippen LogP contribution is -2.24. The lowest BCUT2D eigenvalue weighted by atomic mass is 10.2. The van der Waals surface area contributed by atoms with E-state index in [1.807, 2.05) is 6.07 Å². The van der Waals surface area contributed by atoms with Gasteiger partial charge in [-0.1, -0.05) is 18.2 Å². The second-order valence-electron chi connectivity index (χ2n) is 5.45. The molecule has 0 spiro atoms. The molecule has 132 valence electrons. The van der Waals surface area contributed by atoms with Crippen molar-refractivity contribution in [1.82, 2.24) is 15.3 Å². The summed E-state index contributed by atoms with van der Waals surface area (Å²) in [6.45, 7) is 0.456. The molecule has 7 heteroatoms. The number of benzene rings is 1. The highest BCUT2D eigenvalue weighted by atomic mass is 16.5. The van der Waals surface area contributed by atoms with E-state index in [4.69, 9.17) is 0 Å². The van der Waals surface area contributed by atoms with Gasteiger partial charge in [-0.15, -0.1) is 0 Å². The second kappa shape index (κ2) is 9.36. The van der Waals surface area contributed by atoms with E-state index in [1.54, 1.807) is 24.3 Å². The summed E-state index contributed by atoms with van der Waals surface area (Å²) in [4.78, 5) is 41.7. The first kappa shape index (κ1) is 18.4. The summed E-state index contributed by atoms with van der Waals surface area (Å²) >= 11 is 0. The molecule has 1 heterocycles. The van der Waals surface area contributed by atoms with Crippen LogP contribution in [0.4, 0.5) is 0 Å². The molecule has 0 aliphatic rings. The van der Waals surface area contributed by atoms with Gasteiger partial charge in [-0.25, -0.2) is 9.78 Å². The van der Waals surface area contributed by atoms with Gasteiger partial charge in [0.15, 0.2) is 0 Å². The third-order valence-electron chi connectivity index (χ3n) is 3.57. The van der Waals surface area contributed by atoms with Crippen molar-refractivity contribution in [3.05, 3.63) is 52.6 Å². The van der Waals surface area contributed by atoms with Crippen LogP contribution in [0.3, 0.4) is 0 Å². The maximum Gasteiger partial charge on any atom is 0.330 e. The lowest BCUT2D eigenvalue weighted by Gasteiger charge is -2.04. The molecule has 2 N–H and O–H groups in total. The number of nitrogens with one attached hydrogen (secondary N) is 2. The molecule has 0 radical (unpaired) electrons. The molecule has 0 atom stereocenters. The number of para-hydroxylation sites is 1. The van der Waals surface area contributed by atoms with E-state index < -0.39 is 5.97 Å². The molecule has 0 saturated carbocycles. The number of hydrogen-bond donors (Lipinski definition) is 2. The fourth-order valence-corrected chi connectivity index (χ4v) is 2.30. The zero-order chi connectivity index (χ0) is 18.1. The Morgan fingerprint density at radius 1 is 1.32 bits per heavy atom. The van der Waals surface area contributed by atoms with Crippen molar-refractivity contribution < 1.29 is 14.3 Å². The minimum Gasteiger partial charge on any atom is -0.466 e. The van der Waals surface area contributed by atoms with E-state index >= 15 is 0 Å². The maximum absolute atomic E-state index is 12.0. The number of nitrogens with zero attached hydrogens (tertiary/aromatic N) is 1. The number of amides is 1. The maximum atomic E-state index is 12.0. The standard InChI is InChI=1S/C18H21N3O4/c1-25-17(23)11-4-5-12-19-16(22)10-6-9-15-20-14-8-3-2-7-13(14)18(24)21-15/h2-4,7-8,11H,5-6,9-10,12H2,1H3,(H,19,22)(H,20,21,24)/b11-4+. The first-order valence-electron chi connectivity index (χ1n) is 8.09. The smallest absolute Gasteiger partial charge is 0.330 e. The quantitative estimate of drug-likeness (QED) is 0.429. The first-order valence-corrected chi connectivity index (χ1v) is 8.09. The molecule has 1 aromatic heterocycles. The molecular formula is C18H21N3O4. The largest absolute Gasteiger partial charge is 0.466 e. The number of aromatic nitrogens is 2. The average Bonchev–Trinajstić information content (AvgIpc) is 2.61. The van der Waals surface area contributed by atoms with Crippen LogP contribution in [0.2, 0.25) is 0 Å². The van der Waals surface area contributed by atoms with Crippen LogP contribution in [0.15, 0.2) is 41.2 Å². The fraction of sp³-hybridized carbons (Fsp3) is 0.333. The molecule has 0 aliphatic heterocycles. The van der Waals surface area contributed by atoms with Crippen molar-refractivity contribution in [2.24, 2.45) is 0 Å². The zero-order valence-corrected chi connectivity index (χ0v) is 14.1. The Morgan fingerprint density at radius 2 is 2.12 bits per heavy atom. The van der Waals surface area contributed by atoms with Crippen LogP contribution in [-0.2, 0) is 20.7 Å². The number of rotatable bonds is 8. The van der Waals surface area contributed by atoms with Gasteiger partial charge in [0.25, 0.3) is 5.56 Å². The number of aryl methyl sites for hydroxylation is 1. The number of carbonyl (C=O) groups is 2. The van der Waals surface area contributed by atoms with Crippen LogP contribution in [0.25, 0.3) is 10.9 Å². The zero-order valence-electron chi connectivity index (χ0n) is 14.1. The number of fused-ring (bicyclic) bond motifs is 1. The minimum absolute atomic E-state index is 0.0744. The van der Waals surface area contributed by atoms with E-state index in [1.165, 1.54) is 13.2 Å². The highest BCUT2D eigenvalue weighted by Gasteiger charge is 2.05. The average molecular weight is 343 g/mol. The summed E-state index contributed by atoms with van der Waals surface area (Å²) in [6.07, 6.45) is 4.99. The minimum atomic E-state index is -0.414. The van der Waals surface area contributed by atoms with Gasteiger partial charge in [-0.3, -0.25) is 9.59 Å². The molecular weight excluding hydrogens is 322 g/mol. The predicted molar refractivity (Wildman–Crippen MR) is 94.1 cm³/mol. The Hall–Kier alpha value is -2.96.